The number of aromatic nitrogens is 2. The molecule has 1 amide bonds. The third-order valence-corrected chi connectivity index (χ3v) is 3.98. The van der Waals surface area contributed by atoms with Crippen LogP contribution in [0.4, 0.5) is 23.1 Å². The summed E-state index contributed by atoms with van der Waals surface area (Å²) in [6, 6.07) is 16.0. The molecule has 4 rings (SSSR count). The average molecular weight is 333 g/mol. The Labute approximate surface area is 145 Å². The highest BCUT2D eigenvalue weighted by atomic mass is 16.1. The molecule has 0 bridgehead atoms. The van der Waals surface area contributed by atoms with Gasteiger partial charge in [-0.25, -0.2) is 4.98 Å². The largest absolute Gasteiger partial charge is 0.367 e. The molecule has 25 heavy (non-hydrogen) atoms. The van der Waals surface area contributed by atoms with Crippen LogP contribution in [0, 0.1) is 0 Å². The van der Waals surface area contributed by atoms with Crippen molar-refractivity contribution in [1.82, 2.24) is 9.97 Å². The van der Waals surface area contributed by atoms with Crippen LogP contribution in [0.25, 0.3) is 10.9 Å². The minimum atomic E-state index is -0.0886. The number of nitrogens with one attached hydrogen (secondary N) is 3. The average Bonchev–Trinajstić information content (AvgIpc) is 3.40. The number of nitrogens with zero attached hydrogens (tertiary/aromatic N) is 2. The summed E-state index contributed by atoms with van der Waals surface area (Å²) in [5.41, 5.74) is 2.52. The number of benzene rings is 2. The molecule has 1 aliphatic rings. The molecule has 3 N–H and O–H groups in total. The SMILES string of the molecule is CC(=O)Nc1ccc(Nc2nc(NC3CC3)c3ccccc3n2)cc1. The third-order valence-electron chi connectivity index (χ3n) is 3.98. The molecule has 1 aliphatic carbocycles. The Bertz CT molecular complexity index is 919. The van der Waals surface area contributed by atoms with E-state index < -0.39 is 0 Å². The van der Waals surface area contributed by atoms with Crippen LogP contribution in [0.5, 0.6) is 0 Å². The number of hydrogen-bond donors (Lipinski definition) is 3. The third kappa shape index (κ3) is 3.68. The van der Waals surface area contributed by atoms with E-state index in [0.717, 1.165) is 28.1 Å². The molecular formula is C19H19N5O. The fraction of sp³-hybridized carbons (Fsp3) is 0.211. The van der Waals surface area contributed by atoms with E-state index in [-0.39, 0.29) is 5.91 Å². The van der Waals surface area contributed by atoms with Gasteiger partial charge in [-0.05, 0) is 49.2 Å². The Morgan fingerprint density at radius 2 is 1.72 bits per heavy atom. The number of hydrogen-bond acceptors (Lipinski definition) is 5. The summed E-state index contributed by atoms with van der Waals surface area (Å²) < 4.78 is 0. The molecule has 2 aromatic carbocycles. The van der Waals surface area contributed by atoms with Crippen LogP contribution in [0.15, 0.2) is 48.5 Å². The highest BCUT2D eigenvalue weighted by molar-refractivity contribution is 5.91. The van der Waals surface area contributed by atoms with Gasteiger partial charge < -0.3 is 16.0 Å². The Morgan fingerprint density at radius 3 is 2.44 bits per heavy atom. The summed E-state index contributed by atoms with van der Waals surface area (Å²) >= 11 is 0. The van der Waals surface area contributed by atoms with E-state index in [1.807, 2.05) is 48.5 Å². The van der Waals surface area contributed by atoms with Crippen LogP contribution in [-0.4, -0.2) is 21.9 Å². The number of carbonyl (C=O) groups is 1. The molecule has 1 fully saturated rings. The lowest BCUT2D eigenvalue weighted by Crippen LogP contribution is -2.07. The topological polar surface area (TPSA) is 78.9 Å². The van der Waals surface area contributed by atoms with Crippen LogP contribution < -0.4 is 16.0 Å². The Kier molecular flexibility index (Phi) is 3.93. The molecule has 0 unspecified atom stereocenters. The second-order valence-electron chi connectivity index (χ2n) is 6.22. The predicted octanol–water partition coefficient (Wildman–Crippen LogP) is 3.91. The smallest absolute Gasteiger partial charge is 0.229 e. The molecule has 6 nitrogen and oxygen atoms in total. The first-order chi connectivity index (χ1) is 12.2. The number of amides is 1. The lowest BCUT2D eigenvalue weighted by Gasteiger charge is -2.11. The van der Waals surface area contributed by atoms with Gasteiger partial charge in [0.25, 0.3) is 0 Å². The summed E-state index contributed by atoms with van der Waals surface area (Å²) in [7, 11) is 0. The molecule has 1 aromatic heterocycles. The zero-order chi connectivity index (χ0) is 17.2. The van der Waals surface area contributed by atoms with E-state index in [1.165, 1.54) is 19.8 Å². The molecule has 1 saturated carbocycles. The van der Waals surface area contributed by atoms with Gasteiger partial charge in [-0.1, -0.05) is 12.1 Å². The van der Waals surface area contributed by atoms with Crippen LogP contribution in [0.2, 0.25) is 0 Å². The van der Waals surface area contributed by atoms with Gasteiger partial charge in [-0.3, -0.25) is 4.79 Å². The number of fused-ring (bicyclic) bond motifs is 1. The summed E-state index contributed by atoms with van der Waals surface area (Å²) in [5.74, 6) is 1.33. The van der Waals surface area contributed by atoms with Crippen molar-refractivity contribution in [3.8, 4) is 0 Å². The fourth-order valence-corrected chi connectivity index (χ4v) is 2.63. The Morgan fingerprint density at radius 1 is 1.00 bits per heavy atom. The van der Waals surface area contributed by atoms with Crippen molar-refractivity contribution >= 4 is 40.0 Å². The van der Waals surface area contributed by atoms with Gasteiger partial charge in [0, 0.05) is 29.7 Å². The monoisotopic (exact) mass is 333 g/mol. The van der Waals surface area contributed by atoms with Crippen LogP contribution >= 0.6 is 0 Å². The highest BCUT2D eigenvalue weighted by Gasteiger charge is 2.22. The standard InChI is InChI=1S/C19H19N5O/c1-12(25)20-13-6-10-15(11-7-13)22-19-23-17-5-3-2-4-16(17)18(24-19)21-14-8-9-14/h2-7,10-11,14H,8-9H2,1H3,(H,20,25)(H2,21,22,23,24). The normalized spacial score (nSPS) is 13.5. The number of rotatable bonds is 5. The van der Waals surface area contributed by atoms with E-state index in [4.69, 9.17) is 0 Å². The van der Waals surface area contributed by atoms with Crippen molar-refractivity contribution in [1.29, 1.82) is 0 Å². The minimum Gasteiger partial charge on any atom is -0.367 e. The van der Waals surface area contributed by atoms with Crippen molar-refractivity contribution in [2.45, 2.75) is 25.8 Å². The van der Waals surface area contributed by atoms with Gasteiger partial charge >= 0.3 is 0 Å². The molecule has 0 atom stereocenters. The first-order valence-corrected chi connectivity index (χ1v) is 8.35. The van der Waals surface area contributed by atoms with E-state index in [1.54, 1.807) is 0 Å². The van der Waals surface area contributed by atoms with Crippen molar-refractivity contribution < 1.29 is 4.79 Å². The molecule has 3 aromatic rings. The summed E-state index contributed by atoms with van der Waals surface area (Å²) in [4.78, 5) is 20.3. The van der Waals surface area contributed by atoms with Crippen molar-refractivity contribution in [3.63, 3.8) is 0 Å². The summed E-state index contributed by atoms with van der Waals surface area (Å²) in [5, 5.41) is 10.5. The van der Waals surface area contributed by atoms with Gasteiger partial charge in [0.15, 0.2) is 0 Å². The fourth-order valence-electron chi connectivity index (χ4n) is 2.63. The molecule has 0 saturated heterocycles. The molecule has 6 heteroatoms. The lowest BCUT2D eigenvalue weighted by molar-refractivity contribution is -0.114. The van der Waals surface area contributed by atoms with Gasteiger partial charge in [-0.2, -0.15) is 4.98 Å². The first-order valence-electron chi connectivity index (χ1n) is 8.35. The van der Waals surface area contributed by atoms with Crippen LogP contribution in [0.1, 0.15) is 19.8 Å². The zero-order valence-corrected chi connectivity index (χ0v) is 13.9. The van der Waals surface area contributed by atoms with E-state index in [0.29, 0.717) is 12.0 Å². The van der Waals surface area contributed by atoms with E-state index in [2.05, 4.69) is 25.9 Å². The Hall–Kier alpha value is -3.15. The summed E-state index contributed by atoms with van der Waals surface area (Å²) in [6.45, 7) is 1.49. The van der Waals surface area contributed by atoms with Crippen molar-refractivity contribution in [2.24, 2.45) is 0 Å². The highest BCUT2D eigenvalue weighted by Crippen LogP contribution is 2.29. The second-order valence-corrected chi connectivity index (χ2v) is 6.22. The number of carbonyl (C=O) groups excluding carboxylic acids is 1. The van der Waals surface area contributed by atoms with Gasteiger partial charge in [0.2, 0.25) is 11.9 Å². The van der Waals surface area contributed by atoms with Crippen LogP contribution in [-0.2, 0) is 4.79 Å². The predicted molar refractivity (Wildman–Crippen MR) is 100 cm³/mol. The molecule has 126 valence electrons. The zero-order valence-electron chi connectivity index (χ0n) is 13.9. The van der Waals surface area contributed by atoms with E-state index in [9.17, 15) is 4.79 Å². The number of anilines is 4. The molecule has 0 radical (unpaired) electrons. The van der Waals surface area contributed by atoms with E-state index >= 15 is 0 Å². The maximum absolute atomic E-state index is 11.1. The van der Waals surface area contributed by atoms with Crippen LogP contribution in [0.3, 0.4) is 0 Å². The molecular weight excluding hydrogens is 314 g/mol. The molecule has 0 spiro atoms. The lowest BCUT2D eigenvalue weighted by atomic mass is 10.2. The first kappa shape index (κ1) is 15.4. The Balaban J connectivity index is 1.61. The van der Waals surface area contributed by atoms with Gasteiger partial charge in [0.1, 0.15) is 5.82 Å². The van der Waals surface area contributed by atoms with Crippen molar-refractivity contribution in [3.05, 3.63) is 48.5 Å². The van der Waals surface area contributed by atoms with Gasteiger partial charge in [-0.15, -0.1) is 0 Å². The maximum atomic E-state index is 11.1. The van der Waals surface area contributed by atoms with Crippen molar-refractivity contribution in [2.75, 3.05) is 16.0 Å². The maximum Gasteiger partial charge on any atom is 0.229 e. The minimum absolute atomic E-state index is 0.0886. The molecule has 0 aliphatic heterocycles. The second kappa shape index (κ2) is 6.39. The molecule has 1 heterocycles. The quantitative estimate of drug-likeness (QED) is 0.660. The summed E-state index contributed by atoms with van der Waals surface area (Å²) in [6.07, 6.45) is 2.37. The number of para-hydroxylation sites is 1. The van der Waals surface area contributed by atoms with Gasteiger partial charge in [0.05, 0.1) is 5.52 Å².